The molecule has 0 saturated heterocycles. The molecular formula is C18H15N5O2S. The fourth-order valence-corrected chi connectivity index (χ4v) is 3.46. The zero-order valence-corrected chi connectivity index (χ0v) is 14.6. The molecule has 0 bridgehead atoms. The highest BCUT2D eigenvalue weighted by atomic mass is 32.1. The zero-order valence-electron chi connectivity index (χ0n) is 13.8. The summed E-state index contributed by atoms with van der Waals surface area (Å²) in [6.07, 6.45) is 1.73. The first-order chi connectivity index (χ1) is 12.6. The van der Waals surface area contributed by atoms with Gasteiger partial charge in [-0.15, -0.1) is 11.3 Å². The van der Waals surface area contributed by atoms with Crippen LogP contribution in [0.2, 0.25) is 0 Å². The van der Waals surface area contributed by atoms with Gasteiger partial charge in [0.15, 0.2) is 5.69 Å². The Hall–Kier alpha value is -3.39. The molecule has 130 valence electrons. The van der Waals surface area contributed by atoms with Crippen LogP contribution in [0.25, 0.3) is 21.5 Å². The second kappa shape index (κ2) is 6.49. The van der Waals surface area contributed by atoms with E-state index in [1.54, 1.807) is 23.6 Å². The van der Waals surface area contributed by atoms with Crippen molar-refractivity contribution in [3.05, 3.63) is 65.3 Å². The van der Waals surface area contributed by atoms with E-state index in [0.29, 0.717) is 5.56 Å². The number of benzene rings is 1. The lowest BCUT2D eigenvalue weighted by Crippen LogP contribution is -2.41. The van der Waals surface area contributed by atoms with Gasteiger partial charge >= 0.3 is 0 Å². The molecule has 0 radical (unpaired) electrons. The Kier molecular flexibility index (Phi) is 4.02. The summed E-state index contributed by atoms with van der Waals surface area (Å²) in [6, 6.07) is 13.1. The minimum atomic E-state index is -0.488. The van der Waals surface area contributed by atoms with Gasteiger partial charge < -0.3 is 4.57 Å². The molecule has 7 nitrogen and oxygen atoms in total. The summed E-state index contributed by atoms with van der Waals surface area (Å²) in [4.78, 5) is 25.6. The number of thiophene rings is 1. The molecular weight excluding hydrogens is 350 g/mol. The highest BCUT2D eigenvalue weighted by Crippen LogP contribution is 2.23. The predicted molar refractivity (Wildman–Crippen MR) is 99.8 cm³/mol. The van der Waals surface area contributed by atoms with Gasteiger partial charge in [0.25, 0.3) is 11.8 Å². The van der Waals surface area contributed by atoms with Crippen LogP contribution >= 0.6 is 11.3 Å². The van der Waals surface area contributed by atoms with Gasteiger partial charge in [-0.3, -0.25) is 25.5 Å². The second-order valence-electron chi connectivity index (χ2n) is 5.72. The lowest BCUT2D eigenvalue weighted by molar-refractivity contribution is 0.0844. The van der Waals surface area contributed by atoms with Crippen molar-refractivity contribution in [2.75, 3.05) is 0 Å². The van der Waals surface area contributed by atoms with E-state index in [1.165, 1.54) is 0 Å². The lowest BCUT2D eigenvalue weighted by atomic mass is 10.2. The van der Waals surface area contributed by atoms with Crippen LogP contribution in [0, 0.1) is 0 Å². The van der Waals surface area contributed by atoms with Crippen molar-refractivity contribution in [2.24, 2.45) is 7.05 Å². The molecule has 1 aromatic carbocycles. The van der Waals surface area contributed by atoms with E-state index in [4.69, 9.17) is 0 Å². The van der Waals surface area contributed by atoms with Gasteiger partial charge in [0.2, 0.25) is 0 Å². The number of nitrogens with zero attached hydrogens (tertiary/aromatic N) is 2. The number of hydrogen-bond acceptors (Lipinski definition) is 4. The number of rotatable bonds is 3. The van der Waals surface area contributed by atoms with Gasteiger partial charge in [0, 0.05) is 24.1 Å². The average molecular weight is 365 g/mol. The third-order valence-corrected chi connectivity index (χ3v) is 4.93. The number of aryl methyl sites for hydroxylation is 1. The Labute approximate surface area is 152 Å². The quantitative estimate of drug-likeness (QED) is 0.488. The van der Waals surface area contributed by atoms with Crippen molar-refractivity contribution in [1.29, 1.82) is 0 Å². The summed E-state index contributed by atoms with van der Waals surface area (Å²) in [7, 11) is 1.87. The summed E-state index contributed by atoms with van der Waals surface area (Å²) < 4.78 is 1.87. The molecule has 0 aliphatic rings. The SMILES string of the molecule is Cn1cc(C(=O)NNC(=O)c2cc(-c3cccs3)[nH]n2)c2ccccc21. The summed E-state index contributed by atoms with van der Waals surface area (Å²) >= 11 is 1.54. The minimum Gasteiger partial charge on any atom is -0.350 e. The van der Waals surface area contributed by atoms with Crippen molar-refractivity contribution in [3.8, 4) is 10.6 Å². The van der Waals surface area contributed by atoms with Gasteiger partial charge in [-0.1, -0.05) is 24.3 Å². The number of carbonyl (C=O) groups excluding carboxylic acids is 2. The van der Waals surface area contributed by atoms with Crippen LogP contribution < -0.4 is 10.9 Å². The van der Waals surface area contributed by atoms with E-state index in [0.717, 1.165) is 21.5 Å². The third-order valence-electron chi connectivity index (χ3n) is 4.03. The molecule has 0 fully saturated rings. The Bertz CT molecular complexity index is 1090. The molecule has 0 unspecified atom stereocenters. The topological polar surface area (TPSA) is 91.8 Å². The number of aromatic amines is 1. The first-order valence-corrected chi connectivity index (χ1v) is 8.75. The molecule has 4 aromatic rings. The zero-order chi connectivity index (χ0) is 18.1. The van der Waals surface area contributed by atoms with E-state index in [-0.39, 0.29) is 11.6 Å². The standard InChI is InChI=1S/C18H15N5O2S/c1-23-10-12(11-5-2-3-6-15(11)23)17(24)21-22-18(25)14-9-13(19-20-14)16-7-4-8-26-16/h2-10H,1H3,(H,19,20)(H,21,24)(H,22,25). The molecule has 26 heavy (non-hydrogen) atoms. The number of nitrogens with one attached hydrogen (secondary N) is 3. The van der Waals surface area contributed by atoms with Gasteiger partial charge in [-0.25, -0.2) is 0 Å². The van der Waals surface area contributed by atoms with Gasteiger partial charge in [-0.2, -0.15) is 5.10 Å². The van der Waals surface area contributed by atoms with Gasteiger partial charge in [0.05, 0.1) is 16.1 Å². The van der Waals surface area contributed by atoms with E-state index >= 15 is 0 Å². The maximum Gasteiger partial charge on any atom is 0.290 e. The third kappa shape index (κ3) is 2.86. The largest absolute Gasteiger partial charge is 0.350 e. The smallest absolute Gasteiger partial charge is 0.290 e. The number of carbonyl (C=O) groups is 2. The Balaban J connectivity index is 1.46. The van der Waals surface area contributed by atoms with Crippen molar-refractivity contribution in [3.63, 3.8) is 0 Å². The first-order valence-electron chi connectivity index (χ1n) is 7.87. The summed E-state index contributed by atoms with van der Waals surface area (Å²) in [5.74, 6) is -0.873. The lowest BCUT2D eigenvalue weighted by Gasteiger charge is -2.04. The Morgan fingerprint density at radius 1 is 1.12 bits per heavy atom. The fourth-order valence-electron chi connectivity index (χ4n) is 2.76. The molecule has 0 aliphatic heterocycles. The molecule has 3 aromatic heterocycles. The highest BCUT2D eigenvalue weighted by molar-refractivity contribution is 7.13. The van der Waals surface area contributed by atoms with E-state index in [1.807, 2.05) is 53.4 Å². The predicted octanol–water partition coefficient (Wildman–Crippen LogP) is 2.70. The summed E-state index contributed by atoms with van der Waals surface area (Å²) in [5, 5.41) is 9.58. The molecule has 4 rings (SSSR count). The van der Waals surface area contributed by atoms with E-state index in [9.17, 15) is 9.59 Å². The maximum atomic E-state index is 12.4. The van der Waals surface area contributed by atoms with Crippen LogP contribution in [-0.4, -0.2) is 26.6 Å². The molecule has 3 N–H and O–H groups in total. The van der Waals surface area contributed by atoms with Crippen molar-refractivity contribution < 1.29 is 9.59 Å². The second-order valence-corrected chi connectivity index (χ2v) is 6.67. The fraction of sp³-hybridized carbons (Fsp3) is 0.0556. The number of fused-ring (bicyclic) bond motifs is 1. The van der Waals surface area contributed by atoms with Crippen LogP contribution in [0.1, 0.15) is 20.8 Å². The Morgan fingerprint density at radius 3 is 2.73 bits per heavy atom. The number of H-pyrrole nitrogens is 1. The highest BCUT2D eigenvalue weighted by Gasteiger charge is 2.16. The normalized spacial score (nSPS) is 10.8. The van der Waals surface area contributed by atoms with E-state index in [2.05, 4.69) is 21.0 Å². The monoisotopic (exact) mass is 365 g/mol. The molecule has 0 saturated carbocycles. The summed E-state index contributed by atoms with van der Waals surface area (Å²) in [6.45, 7) is 0. The molecule has 8 heteroatoms. The van der Waals surface area contributed by atoms with Gasteiger partial charge in [0.1, 0.15) is 0 Å². The molecule has 2 amide bonds. The van der Waals surface area contributed by atoms with Gasteiger partial charge in [-0.05, 0) is 23.6 Å². The van der Waals surface area contributed by atoms with Crippen LogP contribution in [0.15, 0.2) is 54.0 Å². The minimum absolute atomic E-state index is 0.201. The van der Waals surface area contributed by atoms with Crippen molar-refractivity contribution in [1.82, 2.24) is 25.6 Å². The number of hydrazine groups is 1. The summed E-state index contributed by atoms with van der Waals surface area (Å²) in [5.41, 5.74) is 7.23. The molecule has 0 aliphatic carbocycles. The Morgan fingerprint density at radius 2 is 1.92 bits per heavy atom. The van der Waals surface area contributed by atoms with Crippen molar-refractivity contribution in [2.45, 2.75) is 0 Å². The molecule has 3 heterocycles. The molecule has 0 spiro atoms. The number of amides is 2. The number of hydrogen-bond donors (Lipinski definition) is 3. The average Bonchev–Trinajstić information content (AvgIpc) is 3.39. The van der Waals surface area contributed by atoms with Crippen LogP contribution in [0.3, 0.4) is 0 Å². The first kappa shape index (κ1) is 16.1. The maximum absolute atomic E-state index is 12.4. The van der Waals surface area contributed by atoms with Crippen LogP contribution in [0.4, 0.5) is 0 Å². The molecule has 0 atom stereocenters. The van der Waals surface area contributed by atoms with Crippen LogP contribution in [0.5, 0.6) is 0 Å². The number of aromatic nitrogens is 3. The van der Waals surface area contributed by atoms with E-state index < -0.39 is 5.91 Å². The number of para-hydroxylation sites is 1. The van der Waals surface area contributed by atoms with Crippen LogP contribution in [-0.2, 0) is 7.05 Å². The van der Waals surface area contributed by atoms with Crippen molar-refractivity contribution >= 4 is 34.1 Å².